The van der Waals surface area contributed by atoms with Gasteiger partial charge in [-0.2, -0.15) is 31.4 Å². The molecular formula is C25H16F7N3O2. The molecule has 1 aromatic heterocycles. The molecule has 37 heavy (non-hydrogen) atoms. The highest BCUT2D eigenvalue weighted by Gasteiger charge is 2.37. The highest BCUT2D eigenvalue weighted by molar-refractivity contribution is 5.87. The number of halogens is 7. The van der Waals surface area contributed by atoms with Crippen LogP contribution in [0, 0.1) is 5.82 Å². The Morgan fingerprint density at radius 1 is 0.865 bits per heavy atom. The first kappa shape index (κ1) is 25.7. The molecule has 3 aromatic carbocycles. The van der Waals surface area contributed by atoms with E-state index in [1.165, 1.54) is 59.4 Å². The van der Waals surface area contributed by atoms with Gasteiger partial charge in [-0.3, -0.25) is 0 Å². The second-order valence-electron chi connectivity index (χ2n) is 7.95. The molecule has 0 amide bonds. The lowest BCUT2D eigenvalue weighted by Crippen LogP contribution is -2.11. The van der Waals surface area contributed by atoms with Gasteiger partial charge in [0.15, 0.2) is 0 Å². The van der Waals surface area contributed by atoms with Gasteiger partial charge in [-0.25, -0.2) is 13.9 Å². The minimum Gasteiger partial charge on any atom is -0.478 e. The van der Waals surface area contributed by atoms with Crippen LogP contribution in [0.2, 0.25) is 0 Å². The second kappa shape index (κ2) is 9.60. The van der Waals surface area contributed by atoms with Crippen molar-refractivity contribution in [1.29, 1.82) is 0 Å². The van der Waals surface area contributed by atoms with E-state index in [0.717, 1.165) is 0 Å². The molecule has 4 aromatic rings. The Kier molecular flexibility index (Phi) is 6.68. The molecule has 1 heterocycles. The van der Waals surface area contributed by atoms with Crippen LogP contribution in [0.25, 0.3) is 16.9 Å². The number of nitrogens with zero attached hydrogens (tertiary/aromatic N) is 2. The lowest BCUT2D eigenvalue weighted by Gasteiger charge is -2.14. The largest absolute Gasteiger partial charge is 0.478 e. The summed E-state index contributed by atoms with van der Waals surface area (Å²) in [6.45, 7) is -0.0776. The molecule has 4 rings (SSSR count). The smallest absolute Gasteiger partial charge is 0.416 e. The molecule has 0 aliphatic carbocycles. The van der Waals surface area contributed by atoms with Crippen molar-refractivity contribution in [2.24, 2.45) is 0 Å². The molecule has 0 atom stereocenters. The molecule has 0 radical (unpaired) electrons. The number of alkyl halides is 6. The Balaban J connectivity index is 1.82. The molecule has 0 aliphatic rings. The van der Waals surface area contributed by atoms with Crippen LogP contribution in [-0.4, -0.2) is 20.9 Å². The molecule has 5 nitrogen and oxygen atoms in total. The molecule has 2 N–H and O–H groups in total. The summed E-state index contributed by atoms with van der Waals surface area (Å²) in [6, 6.07) is 11.7. The van der Waals surface area contributed by atoms with E-state index in [4.69, 9.17) is 5.11 Å². The SMILES string of the molecule is O=C(O)c1ccc(-n2cc(CNc3ccc(F)cc3)c(-c3cc(C(F)(F)F)cc(C(F)(F)F)c3)n2)cc1. The summed E-state index contributed by atoms with van der Waals surface area (Å²) in [4.78, 5) is 11.1. The van der Waals surface area contributed by atoms with E-state index in [-0.39, 0.29) is 29.4 Å². The molecule has 0 saturated heterocycles. The zero-order valence-corrected chi connectivity index (χ0v) is 18.5. The zero-order valence-electron chi connectivity index (χ0n) is 18.5. The summed E-state index contributed by atoms with van der Waals surface area (Å²) in [6.07, 6.45) is -8.69. The van der Waals surface area contributed by atoms with Gasteiger partial charge in [0.2, 0.25) is 0 Å². The first-order valence-electron chi connectivity index (χ1n) is 10.5. The van der Waals surface area contributed by atoms with Gasteiger partial charge >= 0.3 is 18.3 Å². The number of aromatic nitrogens is 2. The first-order valence-corrected chi connectivity index (χ1v) is 10.5. The molecule has 0 unspecified atom stereocenters. The summed E-state index contributed by atoms with van der Waals surface area (Å²) in [5.41, 5.74) is -2.58. The van der Waals surface area contributed by atoms with Gasteiger partial charge in [0.25, 0.3) is 0 Å². The Morgan fingerprint density at radius 3 is 1.95 bits per heavy atom. The van der Waals surface area contributed by atoms with Crippen LogP contribution in [-0.2, 0) is 18.9 Å². The van der Waals surface area contributed by atoms with E-state index in [0.29, 0.717) is 23.5 Å². The fraction of sp³-hybridized carbons (Fsp3) is 0.120. The third kappa shape index (κ3) is 5.90. The predicted molar refractivity (Wildman–Crippen MR) is 120 cm³/mol. The normalized spacial score (nSPS) is 12.0. The lowest BCUT2D eigenvalue weighted by molar-refractivity contribution is -0.143. The topological polar surface area (TPSA) is 67.2 Å². The highest BCUT2D eigenvalue weighted by atomic mass is 19.4. The highest BCUT2D eigenvalue weighted by Crippen LogP contribution is 2.39. The van der Waals surface area contributed by atoms with Crippen molar-refractivity contribution in [3.63, 3.8) is 0 Å². The predicted octanol–water partition coefficient (Wildman–Crippen LogP) is 7.03. The van der Waals surface area contributed by atoms with E-state index in [1.807, 2.05) is 0 Å². The van der Waals surface area contributed by atoms with Gasteiger partial charge in [-0.05, 0) is 66.7 Å². The van der Waals surface area contributed by atoms with Gasteiger partial charge < -0.3 is 10.4 Å². The third-order valence-electron chi connectivity index (χ3n) is 5.36. The lowest BCUT2D eigenvalue weighted by atomic mass is 10.0. The molecule has 0 aliphatic heterocycles. The van der Waals surface area contributed by atoms with E-state index in [2.05, 4.69) is 10.4 Å². The van der Waals surface area contributed by atoms with E-state index >= 15 is 0 Å². The molecular weight excluding hydrogens is 507 g/mol. The summed E-state index contributed by atoms with van der Waals surface area (Å²) >= 11 is 0. The van der Waals surface area contributed by atoms with E-state index < -0.39 is 40.8 Å². The summed E-state index contributed by atoms with van der Waals surface area (Å²) in [5.74, 6) is -1.67. The number of carbonyl (C=O) groups is 1. The molecule has 0 bridgehead atoms. The fourth-order valence-corrected chi connectivity index (χ4v) is 3.53. The summed E-state index contributed by atoms with van der Waals surface area (Å²) in [7, 11) is 0. The molecule has 0 spiro atoms. The van der Waals surface area contributed by atoms with Crippen LogP contribution in [0.5, 0.6) is 0 Å². The molecule has 0 saturated carbocycles. The van der Waals surface area contributed by atoms with Crippen LogP contribution in [0.15, 0.2) is 72.9 Å². The minimum atomic E-state index is -5.04. The van der Waals surface area contributed by atoms with Gasteiger partial charge in [-0.1, -0.05) is 0 Å². The van der Waals surface area contributed by atoms with Crippen LogP contribution < -0.4 is 5.32 Å². The van der Waals surface area contributed by atoms with E-state index in [9.17, 15) is 35.5 Å². The van der Waals surface area contributed by atoms with Crippen molar-refractivity contribution in [3.8, 4) is 16.9 Å². The Hall–Kier alpha value is -4.35. The number of anilines is 1. The van der Waals surface area contributed by atoms with Crippen molar-refractivity contribution in [2.45, 2.75) is 18.9 Å². The maximum atomic E-state index is 13.4. The van der Waals surface area contributed by atoms with Gasteiger partial charge in [0, 0.05) is 29.6 Å². The number of carboxylic acids is 1. The first-order chi connectivity index (χ1) is 17.3. The monoisotopic (exact) mass is 523 g/mol. The number of aromatic carboxylic acids is 1. The molecule has 0 fully saturated rings. The van der Waals surface area contributed by atoms with Crippen LogP contribution >= 0.6 is 0 Å². The minimum absolute atomic E-state index is 0.0259. The number of nitrogens with one attached hydrogen (secondary N) is 1. The maximum absolute atomic E-state index is 13.4. The van der Waals surface area contributed by atoms with Crippen molar-refractivity contribution >= 4 is 11.7 Å². The number of carboxylic acid groups (broad SMARTS) is 1. The second-order valence-corrected chi connectivity index (χ2v) is 7.95. The van der Waals surface area contributed by atoms with Crippen molar-refractivity contribution in [2.75, 3.05) is 5.32 Å². The van der Waals surface area contributed by atoms with Gasteiger partial charge in [-0.15, -0.1) is 0 Å². The van der Waals surface area contributed by atoms with Crippen molar-refractivity contribution in [3.05, 3.63) is 101 Å². The number of rotatable bonds is 6. The van der Waals surface area contributed by atoms with Crippen LogP contribution in [0.4, 0.5) is 36.4 Å². The Labute approximate surface area is 204 Å². The third-order valence-corrected chi connectivity index (χ3v) is 5.36. The van der Waals surface area contributed by atoms with Crippen LogP contribution in [0.1, 0.15) is 27.0 Å². The van der Waals surface area contributed by atoms with Crippen molar-refractivity contribution < 1.29 is 40.6 Å². The van der Waals surface area contributed by atoms with Crippen LogP contribution in [0.3, 0.4) is 0 Å². The number of hydrogen-bond donors (Lipinski definition) is 2. The number of benzene rings is 3. The zero-order chi connectivity index (χ0) is 27.0. The van der Waals surface area contributed by atoms with E-state index in [1.54, 1.807) is 0 Å². The molecule has 192 valence electrons. The average molecular weight is 523 g/mol. The standard InChI is InChI=1S/C25H16F7N3O2/c26-19-3-5-20(6-4-19)33-12-16-13-35(21-7-1-14(2-8-21)23(36)37)34-22(16)15-9-17(24(27,28)29)11-18(10-15)25(30,31)32/h1-11,13,33H,12H2,(H,36,37). The maximum Gasteiger partial charge on any atom is 0.416 e. The Bertz CT molecular complexity index is 1390. The van der Waals surface area contributed by atoms with Crippen molar-refractivity contribution in [1.82, 2.24) is 9.78 Å². The van der Waals surface area contributed by atoms with Gasteiger partial charge in [0.05, 0.1) is 28.1 Å². The Morgan fingerprint density at radius 2 is 1.43 bits per heavy atom. The summed E-state index contributed by atoms with van der Waals surface area (Å²) in [5, 5.41) is 16.3. The quantitative estimate of drug-likeness (QED) is 0.267. The number of hydrogen-bond acceptors (Lipinski definition) is 3. The fourth-order valence-electron chi connectivity index (χ4n) is 3.53. The average Bonchev–Trinajstić information content (AvgIpc) is 3.27. The molecule has 12 heteroatoms. The van der Waals surface area contributed by atoms with Gasteiger partial charge in [0.1, 0.15) is 5.82 Å². The summed E-state index contributed by atoms with van der Waals surface area (Å²) < 4.78 is 95.1.